The molecule has 1 heterocycles. The maximum Gasteiger partial charge on any atom is 0.309 e. The first-order valence-corrected chi connectivity index (χ1v) is 11.5. The summed E-state index contributed by atoms with van der Waals surface area (Å²) in [4.78, 5) is 38.7. The number of nitrogens with zero attached hydrogens (tertiary/aromatic N) is 1. The second kappa shape index (κ2) is 12.0. The summed E-state index contributed by atoms with van der Waals surface area (Å²) in [5.74, 6) is -1.06. The van der Waals surface area contributed by atoms with Crippen LogP contribution < -0.4 is 5.32 Å². The van der Waals surface area contributed by atoms with Gasteiger partial charge in [-0.1, -0.05) is 61.5 Å². The molecular weight excluding hydrogens is 416 g/mol. The van der Waals surface area contributed by atoms with Gasteiger partial charge in [0.05, 0.1) is 12.0 Å². The summed E-state index contributed by atoms with van der Waals surface area (Å²) in [5, 5.41) is 2.86. The van der Waals surface area contributed by atoms with Crippen molar-refractivity contribution in [1.29, 1.82) is 0 Å². The van der Waals surface area contributed by atoms with Crippen molar-refractivity contribution in [2.24, 2.45) is 5.92 Å². The van der Waals surface area contributed by atoms with Crippen molar-refractivity contribution in [1.82, 2.24) is 10.2 Å². The molecule has 3 rings (SSSR count). The van der Waals surface area contributed by atoms with Crippen LogP contribution in [0.5, 0.6) is 0 Å². The van der Waals surface area contributed by atoms with E-state index in [1.165, 1.54) is 5.56 Å². The third-order valence-electron chi connectivity index (χ3n) is 5.97. The molecule has 1 aliphatic rings. The standard InChI is InChI=1S/C27H32N2O4/c1-3-21-9-12-23(13-10-21)20(2)28-25(30)19-33-27(32)24-15-17-29(18-16-24)26(31)14-11-22-7-5-4-6-8-22/h4-14,20,24H,3,15-19H2,1-2H3,(H,28,30)/b14-11+. The number of hydrogen-bond donors (Lipinski definition) is 1. The summed E-state index contributed by atoms with van der Waals surface area (Å²) in [6.07, 6.45) is 5.39. The first-order chi connectivity index (χ1) is 16.0. The highest BCUT2D eigenvalue weighted by atomic mass is 16.5. The van der Waals surface area contributed by atoms with Crippen molar-refractivity contribution >= 4 is 23.9 Å². The van der Waals surface area contributed by atoms with Gasteiger partial charge in [-0.3, -0.25) is 14.4 Å². The summed E-state index contributed by atoms with van der Waals surface area (Å²) in [5.41, 5.74) is 3.21. The zero-order valence-electron chi connectivity index (χ0n) is 19.3. The molecule has 1 unspecified atom stereocenters. The van der Waals surface area contributed by atoms with E-state index in [9.17, 15) is 14.4 Å². The van der Waals surface area contributed by atoms with Gasteiger partial charge in [0.15, 0.2) is 6.61 Å². The van der Waals surface area contributed by atoms with Crippen LogP contribution in [0, 0.1) is 5.92 Å². The molecule has 2 aromatic carbocycles. The Balaban J connectivity index is 1.38. The number of carbonyl (C=O) groups is 3. The SMILES string of the molecule is CCc1ccc(C(C)NC(=O)COC(=O)C2CCN(C(=O)/C=C/c3ccccc3)CC2)cc1. The minimum absolute atomic E-state index is 0.0639. The number of amides is 2. The fraction of sp³-hybridized carbons (Fsp3) is 0.370. The summed E-state index contributed by atoms with van der Waals surface area (Å²) in [7, 11) is 0. The van der Waals surface area contributed by atoms with Crippen LogP contribution in [-0.4, -0.2) is 42.4 Å². The number of aryl methyl sites for hydroxylation is 1. The lowest BCUT2D eigenvalue weighted by Crippen LogP contribution is -2.40. The molecule has 2 amide bonds. The fourth-order valence-electron chi connectivity index (χ4n) is 3.84. The van der Waals surface area contributed by atoms with Gasteiger partial charge < -0.3 is 15.0 Å². The van der Waals surface area contributed by atoms with Crippen molar-refractivity contribution in [3.05, 3.63) is 77.4 Å². The van der Waals surface area contributed by atoms with E-state index in [-0.39, 0.29) is 36.4 Å². The maximum atomic E-state index is 12.4. The van der Waals surface area contributed by atoms with Gasteiger partial charge in [0.1, 0.15) is 0 Å². The van der Waals surface area contributed by atoms with Gasteiger partial charge in [0.2, 0.25) is 5.91 Å². The Morgan fingerprint density at radius 3 is 2.36 bits per heavy atom. The summed E-state index contributed by atoms with van der Waals surface area (Å²) in [6.45, 7) is 4.69. The number of benzene rings is 2. The van der Waals surface area contributed by atoms with E-state index in [1.54, 1.807) is 17.1 Å². The topological polar surface area (TPSA) is 75.7 Å². The van der Waals surface area contributed by atoms with Crippen LogP contribution in [0.25, 0.3) is 6.08 Å². The average molecular weight is 449 g/mol. The molecule has 1 atom stereocenters. The second-order valence-corrected chi connectivity index (χ2v) is 8.34. The van der Waals surface area contributed by atoms with Crippen molar-refractivity contribution in [3.63, 3.8) is 0 Å². The normalized spacial score (nSPS) is 15.3. The third-order valence-corrected chi connectivity index (χ3v) is 5.97. The van der Waals surface area contributed by atoms with Gasteiger partial charge in [-0.25, -0.2) is 0 Å². The largest absolute Gasteiger partial charge is 0.455 e. The van der Waals surface area contributed by atoms with Gasteiger partial charge in [0.25, 0.3) is 5.91 Å². The lowest BCUT2D eigenvalue weighted by Gasteiger charge is -2.30. The monoisotopic (exact) mass is 448 g/mol. The summed E-state index contributed by atoms with van der Waals surface area (Å²) in [6, 6.07) is 17.6. The molecule has 6 heteroatoms. The molecule has 0 spiro atoms. The van der Waals surface area contributed by atoms with E-state index in [1.807, 2.05) is 61.5 Å². The van der Waals surface area contributed by atoms with Crippen LogP contribution in [0.4, 0.5) is 0 Å². The third kappa shape index (κ3) is 7.31. The number of nitrogens with one attached hydrogen (secondary N) is 1. The predicted octanol–water partition coefficient (Wildman–Crippen LogP) is 3.92. The minimum Gasteiger partial charge on any atom is -0.455 e. The summed E-state index contributed by atoms with van der Waals surface area (Å²) < 4.78 is 5.25. The van der Waals surface area contributed by atoms with Crippen molar-refractivity contribution < 1.29 is 19.1 Å². The Morgan fingerprint density at radius 1 is 1.06 bits per heavy atom. The van der Waals surface area contributed by atoms with Crippen LogP contribution in [0.3, 0.4) is 0 Å². The second-order valence-electron chi connectivity index (χ2n) is 8.34. The molecule has 0 radical (unpaired) electrons. The van der Waals surface area contributed by atoms with E-state index >= 15 is 0 Å². The van der Waals surface area contributed by atoms with Crippen molar-refractivity contribution in [2.75, 3.05) is 19.7 Å². The number of piperidine rings is 1. The van der Waals surface area contributed by atoms with Gasteiger partial charge in [-0.05, 0) is 49.0 Å². The van der Waals surface area contributed by atoms with Crippen LogP contribution in [-0.2, 0) is 25.5 Å². The van der Waals surface area contributed by atoms with E-state index in [0.717, 1.165) is 17.5 Å². The maximum absolute atomic E-state index is 12.4. The molecule has 1 aliphatic heterocycles. The van der Waals surface area contributed by atoms with Crippen molar-refractivity contribution in [2.45, 2.75) is 39.2 Å². The van der Waals surface area contributed by atoms with Crippen LogP contribution >= 0.6 is 0 Å². The van der Waals surface area contributed by atoms with Gasteiger partial charge in [0, 0.05) is 19.2 Å². The van der Waals surface area contributed by atoms with E-state index < -0.39 is 0 Å². The average Bonchev–Trinajstić information content (AvgIpc) is 2.86. The van der Waals surface area contributed by atoms with Crippen molar-refractivity contribution in [3.8, 4) is 0 Å². The molecule has 0 bridgehead atoms. The molecule has 33 heavy (non-hydrogen) atoms. The molecule has 0 aromatic heterocycles. The smallest absolute Gasteiger partial charge is 0.309 e. The first-order valence-electron chi connectivity index (χ1n) is 11.5. The quantitative estimate of drug-likeness (QED) is 0.491. The summed E-state index contributed by atoms with van der Waals surface area (Å²) >= 11 is 0. The molecule has 2 aromatic rings. The van der Waals surface area contributed by atoms with Crippen LogP contribution in [0.15, 0.2) is 60.7 Å². The predicted molar refractivity (Wildman–Crippen MR) is 128 cm³/mol. The van der Waals surface area contributed by atoms with Crippen LogP contribution in [0.1, 0.15) is 49.4 Å². The highest BCUT2D eigenvalue weighted by Gasteiger charge is 2.28. The number of esters is 1. The molecule has 1 N–H and O–H groups in total. The first kappa shape index (κ1) is 24.2. The molecule has 0 saturated carbocycles. The zero-order valence-corrected chi connectivity index (χ0v) is 19.3. The Kier molecular flexibility index (Phi) is 8.81. The van der Waals surface area contributed by atoms with E-state index in [4.69, 9.17) is 4.74 Å². The molecule has 0 aliphatic carbocycles. The zero-order chi connectivity index (χ0) is 23.6. The molecule has 1 saturated heterocycles. The van der Waals surface area contributed by atoms with E-state index in [2.05, 4.69) is 12.2 Å². The number of hydrogen-bond acceptors (Lipinski definition) is 4. The molecule has 1 fully saturated rings. The Hall–Kier alpha value is -3.41. The lowest BCUT2D eigenvalue weighted by molar-refractivity contribution is -0.154. The highest BCUT2D eigenvalue weighted by molar-refractivity contribution is 5.92. The minimum atomic E-state index is -0.378. The van der Waals surface area contributed by atoms with Crippen LogP contribution in [0.2, 0.25) is 0 Å². The molecule has 6 nitrogen and oxygen atoms in total. The fourth-order valence-corrected chi connectivity index (χ4v) is 3.84. The number of likely N-dealkylation sites (tertiary alicyclic amines) is 1. The number of carbonyl (C=O) groups excluding carboxylic acids is 3. The Morgan fingerprint density at radius 2 is 1.73 bits per heavy atom. The molecule has 174 valence electrons. The van der Waals surface area contributed by atoms with Gasteiger partial charge in [-0.2, -0.15) is 0 Å². The molecular formula is C27H32N2O4. The Labute approximate surface area is 195 Å². The lowest BCUT2D eigenvalue weighted by atomic mass is 9.97. The Bertz CT molecular complexity index is 961. The number of rotatable bonds is 8. The number of ether oxygens (including phenoxy) is 1. The van der Waals surface area contributed by atoms with Gasteiger partial charge in [-0.15, -0.1) is 0 Å². The highest BCUT2D eigenvalue weighted by Crippen LogP contribution is 2.19. The van der Waals surface area contributed by atoms with Gasteiger partial charge >= 0.3 is 5.97 Å². The van der Waals surface area contributed by atoms with E-state index in [0.29, 0.717) is 25.9 Å².